The lowest BCUT2D eigenvalue weighted by atomic mass is 10.1. The van der Waals surface area contributed by atoms with Crippen LogP contribution in [-0.2, 0) is 10.0 Å². The Balaban J connectivity index is 1.30. The lowest BCUT2D eigenvalue weighted by Gasteiger charge is -2.14. The molecular weight excluding hydrogens is 461 g/mol. The van der Waals surface area contributed by atoms with Crippen molar-refractivity contribution in [2.75, 3.05) is 37.8 Å². The summed E-state index contributed by atoms with van der Waals surface area (Å²) in [5, 5.41) is 15.6. The van der Waals surface area contributed by atoms with Crippen LogP contribution in [0.25, 0.3) is 21.8 Å². The molecule has 0 radical (unpaired) electrons. The maximum Gasteiger partial charge on any atom is 0.229 e. The number of fused-ring (bicyclic) bond motifs is 3. The van der Waals surface area contributed by atoms with E-state index in [4.69, 9.17) is 9.47 Å². The fourth-order valence-corrected chi connectivity index (χ4v) is 4.27. The van der Waals surface area contributed by atoms with Gasteiger partial charge in [-0.1, -0.05) is 6.07 Å². The number of hydrogen-bond donors (Lipinski definition) is 4. The summed E-state index contributed by atoms with van der Waals surface area (Å²) >= 11 is 0. The minimum absolute atomic E-state index is 0.191. The predicted octanol–water partition coefficient (Wildman–Crippen LogP) is 3.54. The number of H-pyrrole nitrogens is 1. The van der Waals surface area contributed by atoms with E-state index in [1.54, 1.807) is 7.11 Å². The normalized spacial score (nSPS) is 12.7. The largest absolute Gasteiger partial charge is 0.497 e. The van der Waals surface area contributed by atoms with E-state index < -0.39 is 21.9 Å². The van der Waals surface area contributed by atoms with E-state index >= 15 is 0 Å². The molecule has 10 heteroatoms. The smallest absolute Gasteiger partial charge is 0.229 e. The first kappa shape index (κ1) is 23.8. The summed E-state index contributed by atoms with van der Waals surface area (Å²) in [6, 6.07) is 15.6. The van der Waals surface area contributed by atoms with Gasteiger partial charge in [0.15, 0.2) is 0 Å². The Kier molecular flexibility index (Phi) is 6.92. The zero-order chi connectivity index (χ0) is 24.3. The molecule has 8 nitrogen and oxygen atoms in total. The summed E-state index contributed by atoms with van der Waals surface area (Å²) < 4.78 is 49.8. The standard InChI is InChI=1S/C24H26FN3O5S/c1-32-16-4-6-18-19-7-5-17(13-22(19)27-21(18)12-16)33-10-9-26-14-24(29)15-3-8-20(25)23(11-15)28-34(2,30)31/h3-8,11-13,24,26-29H,9-10,14H2,1-2H3. The van der Waals surface area contributed by atoms with E-state index in [2.05, 4.69) is 15.0 Å². The molecule has 1 aromatic heterocycles. The molecule has 0 aliphatic carbocycles. The van der Waals surface area contributed by atoms with E-state index in [0.29, 0.717) is 24.5 Å². The van der Waals surface area contributed by atoms with Crippen LogP contribution >= 0.6 is 0 Å². The third kappa shape index (κ3) is 5.58. The summed E-state index contributed by atoms with van der Waals surface area (Å²) in [6.07, 6.45) is -0.00940. The highest BCUT2D eigenvalue weighted by Crippen LogP contribution is 2.30. The third-order valence-corrected chi connectivity index (χ3v) is 5.92. The first-order valence-electron chi connectivity index (χ1n) is 10.6. The number of sulfonamides is 1. The monoisotopic (exact) mass is 487 g/mol. The molecule has 4 N–H and O–H groups in total. The van der Waals surface area contributed by atoms with Gasteiger partial charge in [-0.05, 0) is 42.0 Å². The molecule has 0 fully saturated rings. The third-order valence-electron chi connectivity index (χ3n) is 5.33. The summed E-state index contributed by atoms with van der Waals surface area (Å²) in [7, 11) is -1.99. The average Bonchev–Trinajstić information content (AvgIpc) is 3.16. The number of benzene rings is 3. The summed E-state index contributed by atoms with van der Waals surface area (Å²) in [5.41, 5.74) is 2.13. The van der Waals surface area contributed by atoms with Crippen LogP contribution in [0.5, 0.6) is 11.5 Å². The molecule has 1 unspecified atom stereocenters. The Labute approximate surface area is 196 Å². The van der Waals surface area contributed by atoms with E-state index in [0.717, 1.165) is 39.9 Å². The van der Waals surface area contributed by atoms with Gasteiger partial charge in [-0.25, -0.2) is 12.8 Å². The zero-order valence-corrected chi connectivity index (χ0v) is 19.6. The first-order valence-corrected chi connectivity index (χ1v) is 12.5. The second kappa shape index (κ2) is 9.88. The van der Waals surface area contributed by atoms with E-state index in [1.807, 2.05) is 36.4 Å². The maximum atomic E-state index is 13.8. The Morgan fingerprint density at radius 3 is 2.38 bits per heavy atom. The van der Waals surface area contributed by atoms with Crippen molar-refractivity contribution >= 4 is 37.5 Å². The van der Waals surface area contributed by atoms with Gasteiger partial charge in [0.2, 0.25) is 10.0 Å². The number of aromatic amines is 1. The molecule has 4 aromatic rings. The van der Waals surface area contributed by atoms with E-state index in [9.17, 15) is 17.9 Å². The Bertz CT molecular complexity index is 1420. The lowest BCUT2D eigenvalue weighted by Crippen LogP contribution is -2.26. The van der Waals surface area contributed by atoms with Gasteiger partial charge in [-0.2, -0.15) is 0 Å². The number of aliphatic hydroxyl groups excluding tert-OH is 1. The van der Waals surface area contributed by atoms with Crippen molar-refractivity contribution in [1.82, 2.24) is 10.3 Å². The fourth-order valence-electron chi connectivity index (χ4n) is 3.71. The second-order valence-electron chi connectivity index (χ2n) is 7.93. The van der Waals surface area contributed by atoms with Gasteiger partial charge in [0.25, 0.3) is 0 Å². The number of hydrogen-bond acceptors (Lipinski definition) is 6. The van der Waals surface area contributed by atoms with Crippen molar-refractivity contribution in [2.24, 2.45) is 0 Å². The fraction of sp³-hybridized carbons (Fsp3) is 0.250. The molecule has 180 valence electrons. The van der Waals surface area contributed by atoms with Crippen LogP contribution in [0.15, 0.2) is 54.6 Å². The summed E-state index contributed by atoms with van der Waals surface area (Å²) in [4.78, 5) is 3.37. The van der Waals surface area contributed by atoms with Crippen molar-refractivity contribution in [3.05, 3.63) is 66.0 Å². The number of methoxy groups -OCH3 is 1. The minimum Gasteiger partial charge on any atom is -0.497 e. The van der Waals surface area contributed by atoms with Crippen molar-refractivity contribution in [3.8, 4) is 11.5 Å². The molecule has 4 rings (SSSR count). The molecule has 0 amide bonds. The van der Waals surface area contributed by atoms with Gasteiger partial charge in [0.1, 0.15) is 23.9 Å². The van der Waals surface area contributed by atoms with Crippen LogP contribution in [0.2, 0.25) is 0 Å². The van der Waals surface area contributed by atoms with Crippen LogP contribution in [0.1, 0.15) is 11.7 Å². The van der Waals surface area contributed by atoms with Gasteiger partial charge in [-0.15, -0.1) is 0 Å². The van der Waals surface area contributed by atoms with Crippen LogP contribution < -0.4 is 19.5 Å². The van der Waals surface area contributed by atoms with Crippen LogP contribution in [0.3, 0.4) is 0 Å². The maximum absolute atomic E-state index is 13.8. The van der Waals surface area contributed by atoms with Crippen molar-refractivity contribution in [2.45, 2.75) is 6.10 Å². The summed E-state index contributed by atoms with van der Waals surface area (Å²) in [6.45, 7) is 1.03. The van der Waals surface area contributed by atoms with E-state index in [-0.39, 0.29) is 12.2 Å². The molecule has 0 aliphatic heterocycles. The first-order chi connectivity index (χ1) is 16.2. The molecular formula is C24H26FN3O5S. The molecule has 0 spiro atoms. The number of anilines is 1. The van der Waals surface area contributed by atoms with Gasteiger partial charge < -0.3 is 24.9 Å². The Morgan fingerprint density at radius 1 is 1.03 bits per heavy atom. The topological polar surface area (TPSA) is 113 Å². The highest BCUT2D eigenvalue weighted by atomic mass is 32.2. The predicted molar refractivity (Wildman–Crippen MR) is 131 cm³/mol. The highest BCUT2D eigenvalue weighted by Gasteiger charge is 2.13. The SMILES string of the molecule is COc1ccc2c(c1)[nH]c1cc(OCCNCC(O)c3ccc(F)c(NS(C)(=O)=O)c3)ccc12. The average molecular weight is 488 g/mol. The number of rotatable bonds is 10. The van der Waals surface area contributed by atoms with Gasteiger partial charge >= 0.3 is 0 Å². The van der Waals surface area contributed by atoms with Crippen LogP contribution in [0, 0.1) is 5.82 Å². The van der Waals surface area contributed by atoms with Crippen LogP contribution in [-0.4, -0.2) is 51.6 Å². The molecule has 0 saturated heterocycles. The van der Waals surface area contributed by atoms with Crippen molar-refractivity contribution in [3.63, 3.8) is 0 Å². The number of halogens is 1. The zero-order valence-electron chi connectivity index (χ0n) is 18.8. The number of aromatic nitrogens is 1. The molecule has 1 heterocycles. The Morgan fingerprint density at radius 2 is 1.71 bits per heavy atom. The minimum atomic E-state index is -3.63. The highest BCUT2D eigenvalue weighted by molar-refractivity contribution is 7.92. The quantitative estimate of drug-likeness (QED) is 0.255. The van der Waals surface area contributed by atoms with Crippen molar-refractivity contribution in [1.29, 1.82) is 0 Å². The van der Waals surface area contributed by atoms with Crippen LogP contribution in [0.4, 0.5) is 10.1 Å². The molecule has 0 saturated carbocycles. The summed E-state index contributed by atoms with van der Waals surface area (Å²) in [5.74, 6) is 0.782. The number of nitrogens with one attached hydrogen (secondary N) is 3. The lowest BCUT2D eigenvalue weighted by molar-refractivity contribution is 0.172. The molecule has 0 bridgehead atoms. The molecule has 34 heavy (non-hydrogen) atoms. The number of ether oxygens (including phenoxy) is 2. The molecule has 1 atom stereocenters. The number of aliphatic hydroxyl groups is 1. The van der Waals surface area contributed by atoms with Gasteiger partial charge in [0, 0.05) is 36.0 Å². The van der Waals surface area contributed by atoms with E-state index in [1.165, 1.54) is 12.1 Å². The van der Waals surface area contributed by atoms with Crippen molar-refractivity contribution < 1.29 is 27.4 Å². The Hall–Kier alpha value is -3.34. The molecule has 3 aromatic carbocycles. The van der Waals surface area contributed by atoms with Gasteiger partial charge in [0.05, 0.1) is 36.2 Å². The van der Waals surface area contributed by atoms with Gasteiger partial charge in [-0.3, -0.25) is 4.72 Å². The molecule has 0 aliphatic rings. The second-order valence-corrected chi connectivity index (χ2v) is 9.67.